The maximum atomic E-state index is 12.3. The second kappa shape index (κ2) is 7.01. The van der Waals surface area contributed by atoms with Gasteiger partial charge in [0.2, 0.25) is 6.79 Å². The third-order valence-electron chi connectivity index (χ3n) is 4.69. The number of hydrogen-bond donors (Lipinski definition) is 1. The Bertz CT molecular complexity index is 549. The predicted octanol–water partition coefficient (Wildman–Crippen LogP) is 3.15. The molecule has 1 aromatic carbocycles. The highest BCUT2D eigenvalue weighted by Gasteiger charge is 2.30. The standard InChI is InChI=1S/C17H25NO3S/c1-3-22(19)17-7-5-4-6-14(17)18-12(2)13-8-9-15-16(10-13)21-11-20-15/h8-10,12,14,17-18H,3-7,11H2,1-2H3/t12-,14+,17-,22-/m1/s1. The molecular formula is C17H25NO3S. The van der Waals surface area contributed by atoms with Gasteiger partial charge in [0.15, 0.2) is 11.5 Å². The smallest absolute Gasteiger partial charge is 0.231 e. The Hall–Kier alpha value is -1.07. The molecule has 2 aliphatic rings. The third-order valence-corrected chi connectivity index (χ3v) is 6.49. The van der Waals surface area contributed by atoms with Gasteiger partial charge in [-0.25, -0.2) is 0 Å². The SMILES string of the molecule is CC[S@@](=O)[C@@H]1CCCC[C@@H]1N[C@H](C)c1ccc2c(c1)OCO2. The van der Waals surface area contributed by atoms with Gasteiger partial charge in [-0.3, -0.25) is 4.21 Å². The number of hydrogen-bond acceptors (Lipinski definition) is 4. The summed E-state index contributed by atoms with van der Waals surface area (Å²) in [4.78, 5) is 0. The zero-order valence-corrected chi connectivity index (χ0v) is 14.2. The first-order valence-corrected chi connectivity index (χ1v) is 9.60. The molecule has 0 saturated heterocycles. The molecule has 0 spiro atoms. The summed E-state index contributed by atoms with van der Waals surface area (Å²) < 4.78 is 23.1. The molecule has 1 aliphatic heterocycles. The largest absolute Gasteiger partial charge is 0.454 e. The number of rotatable bonds is 5. The Morgan fingerprint density at radius 1 is 1.27 bits per heavy atom. The molecule has 1 heterocycles. The van der Waals surface area contributed by atoms with E-state index >= 15 is 0 Å². The van der Waals surface area contributed by atoms with E-state index in [2.05, 4.69) is 24.4 Å². The van der Waals surface area contributed by atoms with Gasteiger partial charge in [0, 0.05) is 28.6 Å². The van der Waals surface area contributed by atoms with Crippen molar-refractivity contribution in [2.24, 2.45) is 0 Å². The van der Waals surface area contributed by atoms with Crippen LogP contribution in [0.2, 0.25) is 0 Å². The molecule has 22 heavy (non-hydrogen) atoms. The van der Waals surface area contributed by atoms with E-state index in [1.807, 2.05) is 13.0 Å². The average Bonchev–Trinajstić information content (AvgIpc) is 3.02. The maximum absolute atomic E-state index is 12.3. The third kappa shape index (κ3) is 3.30. The molecule has 122 valence electrons. The molecule has 1 saturated carbocycles. The van der Waals surface area contributed by atoms with Crippen molar-refractivity contribution >= 4 is 10.8 Å². The first-order chi connectivity index (χ1) is 10.7. The second-order valence-electron chi connectivity index (χ2n) is 6.10. The molecule has 3 rings (SSSR count). The van der Waals surface area contributed by atoms with Crippen LogP contribution in [0.4, 0.5) is 0 Å². The van der Waals surface area contributed by atoms with Gasteiger partial charge in [0.05, 0.1) is 5.25 Å². The molecule has 4 atom stereocenters. The van der Waals surface area contributed by atoms with Gasteiger partial charge in [-0.2, -0.15) is 0 Å². The van der Waals surface area contributed by atoms with Crippen LogP contribution in [0.5, 0.6) is 11.5 Å². The summed E-state index contributed by atoms with van der Waals surface area (Å²) in [5, 5.41) is 3.99. The summed E-state index contributed by atoms with van der Waals surface area (Å²) in [6.07, 6.45) is 4.62. The van der Waals surface area contributed by atoms with Crippen LogP contribution in [0.25, 0.3) is 0 Å². The molecule has 0 unspecified atom stereocenters. The zero-order valence-electron chi connectivity index (χ0n) is 13.3. The zero-order chi connectivity index (χ0) is 15.5. The Balaban J connectivity index is 1.69. The summed E-state index contributed by atoms with van der Waals surface area (Å²) in [6, 6.07) is 6.66. The van der Waals surface area contributed by atoms with Crippen molar-refractivity contribution in [3.63, 3.8) is 0 Å². The fourth-order valence-electron chi connectivity index (χ4n) is 3.42. The van der Waals surface area contributed by atoms with Gasteiger partial charge in [-0.05, 0) is 37.5 Å². The van der Waals surface area contributed by atoms with Crippen molar-refractivity contribution in [2.45, 2.75) is 56.9 Å². The summed E-state index contributed by atoms with van der Waals surface area (Å²) in [5.74, 6) is 2.39. The van der Waals surface area contributed by atoms with E-state index < -0.39 is 10.8 Å². The van der Waals surface area contributed by atoms with Crippen LogP contribution < -0.4 is 14.8 Å². The highest BCUT2D eigenvalue weighted by molar-refractivity contribution is 7.85. The van der Waals surface area contributed by atoms with Gasteiger partial charge in [-0.1, -0.05) is 25.8 Å². The molecule has 1 aliphatic carbocycles. The average molecular weight is 323 g/mol. The van der Waals surface area contributed by atoms with Crippen molar-refractivity contribution < 1.29 is 13.7 Å². The van der Waals surface area contributed by atoms with Crippen LogP contribution in [0, 0.1) is 0 Å². The van der Waals surface area contributed by atoms with Crippen molar-refractivity contribution in [2.75, 3.05) is 12.5 Å². The van der Waals surface area contributed by atoms with Crippen molar-refractivity contribution in [3.05, 3.63) is 23.8 Å². The monoisotopic (exact) mass is 323 g/mol. The van der Waals surface area contributed by atoms with Crippen molar-refractivity contribution in [3.8, 4) is 11.5 Å². The number of benzene rings is 1. The summed E-state index contributed by atoms with van der Waals surface area (Å²) in [6.45, 7) is 4.49. The van der Waals surface area contributed by atoms with Gasteiger partial charge < -0.3 is 14.8 Å². The second-order valence-corrected chi connectivity index (χ2v) is 8.04. The molecule has 1 aromatic rings. The Morgan fingerprint density at radius 3 is 2.86 bits per heavy atom. The van der Waals surface area contributed by atoms with Gasteiger partial charge in [-0.15, -0.1) is 0 Å². The quantitative estimate of drug-likeness (QED) is 0.904. The lowest BCUT2D eigenvalue weighted by molar-refractivity contribution is 0.174. The number of fused-ring (bicyclic) bond motifs is 1. The summed E-state index contributed by atoms with van der Waals surface area (Å²) in [7, 11) is -0.723. The number of ether oxygens (including phenoxy) is 2. The van der Waals surface area contributed by atoms with Gasteiger partial charge in [0.25, 0.3) is 0 Å². The predicted molar refractivity (Wildman–Crippen MR) is 88.8 cm³/mol. The molecule has 0 radical (unpaired) electrons. The van der Waals surface area contributed by atoms with Crippen LogP contribution in [0.3, 0.4) is 0 Å². The van der Waals surface area contributed by atoms with Crippen LogP contribution in [-0.4, -0.2) is 28.0 Å². The van der Waals surface area contributed by atoms with E-state index in [0.717, 1.165) is 30.1 Å². The molecule has 1 N–H and O–H groups in total. The normalized spacial score (nSPS) is 26.6. The van der Waals surface area contributed by atoms with Crippen LogP contribution >= 0.6 is 0 Å². The topological polar surface area (TPSA) is 47.6 Å². The highest BCUT2D eigenvalue weighted by atomic mass is 32.2. The Morgan fingerprint density at radius 2 is 2.05 bits per heavy atom. The van der Waals surface area contributed by atoms with E-state index in [4.69, 9.17) is 9.47 Å². The Labute approximate surface area is 135 Å². The molecule has 0 aromatic heterocycles. The lowest BCUT2D eigenvalue weighted by Crippen LogP contribution is -2.45. The molecule has 0 amide bonds. The molecule has 0 bridgehead atoms. The molecule has 5 heteroatoms. The maximum Gasteiger partial charge on any atom is 0.231 e. The fourth-order valence-corrected chi connectivity index (χ4v) is 4.85. The minimum Gasteiger partial charge on any atom is -0.454 e. The minimum absolute atomic E-state index is 0.217. The summed E-state index contributed by atoms with van der Waals surface area (Å²) >= 11 is 0. The first kappa shape index (κ1) is 15.8. The highest BCUT2D eigenvalue weighted by Crippen LogP contribution is 2.34. The fraction of sp³-hybridized carbons (Fsp3) is 0.647. The van der Waals surface area contributed by atoms with E-state index in [1.54, 1.807) is 0 Å². The Kier molecular flexibility index (Phi) is 5.03. The summed E-state index contributed by atoms with van der Waals surface area (Å²) in [5.41, 5.74) is 1.19. The van der Waals surface area contributed by atoms with Crippen LogP contribution in [0.1, 0.15) is 51.1 Å². The molecule has 1 fully saturated rings. The van der Waals surface area contributed by atoms with E-state index in [9.17, 15) is 4.21 Å². The van der Waals surface area contributed by atoms with Gasteiger partial charge >= 0.3 is 0 Å². The van der Waals surface area contributed by atoms with Crippen molar-refractivity contribution in [1.29, 1.82) is 0 Å². The number of nitrogens with one attached hydrogen (secondary N) is 1. The lowest BCUT2D eigenvalue weighted by Gasteiger charge is -2.33. The molecular weight excluding hydrogens is 298 g/mol. The minimum atomic E-state index is -0.723. The first-order valence-electron chi connectivity index (χ1n) is 8.21. The van der Waals surface area contributed by atoms with E-state index in [0.29, 0.717) is 12.8 Å². The van der Waals surface area contributed by atoms with Gasteiger partial charge in [0.1, 0.15) is 0 Å². The van der Waals surface area contributed by atoms with Crippen molar-refractivity contribution in [1.82, 2.24) is 5.32 Å². The van der Waals surface area contributed by atoms with E-state index in [1.165, 1.54) is 18.4 Å². The lowest BCUT2D eigenvalue weighted by atomic mass is 9.93. The van der Waals surface area contributed by atoms with Crippen LogP contribution in [-0.2, 0) is 10.8 Å². The van der Waals surface area contributed by atoms with Crippen LogP contribution in [0.15, 0.2) is 18.2 Å². The van der Waals surface area contributed by atoms with E-state index in [-0.39, 0.29) is 11.3 Å². The molecule has 4 nitrogen and oxygen atoms in total.